The van der Waals surface area contributed by atoms with Crippen molar-refractivity contribution in [2.75, 3.05) is 38.0 Å². The van der Waals surface area contributed by atoms with Gasteiger partial charge < -0.3 is 29.7 Å². The van der Waals surface area contributed by atoms with E-state index in [0.29, 0.717) is 56.9 Å². The van der Waals surface area contributed by atoms with Gasteiger partial charge in [-0.2, -0.15) is 0 Å². The van der Waals surface area contributed by atoms with Crippen LogP contribution >= 0.6 is 0 Å². The van der Waals surface area contributed by atoms with Crippen LogP contribution in [0.3, 0.4) is 0 Å². The smallest absolute Gasteiger partial charge is 0.413 e. The Morgan fingerprint density at radius 1 is 0.898 bits per heavy atom. The van der Waals surface area contributed by atoms with Crippen molar-refractivity contribution in [2.24, 2.45) is 5.92 Å². The number of carbonyl (C=O) groups is 3. The van der Waals surface area contributed by atoms with Gasteiger partial charge in [0.2, 0.25) is 0 Å². The van der Waals surface area contributed by atoms with Crippen LogP contribution < -0.4 is 16.0 Å². The summed E-state index contributed by atoms with van der Waals surface area (Å²) in [5.74, 6) is -0.770. The van der Waals surface area contributed by atoms with Crippen LogP contribution in [0.4, 0.5) is 19.8 Å². The minimum Gasteiger partial charge on any atom is -0.456 e. The van der Waals surface area contributed by atoms with Gasteiger partial charge in [0.1, 0.15) is 28.4 Å². The van der Waals surface area contributed by atoms with Crippen LogP contribution in [0.2, 0.25) is 0 Å². The number of amides is 2. The fourth-order valence-corrected chi connectivity index (χ4v) is 5.55. The predicted octanol–water partition coefficient (Wildman–Crippen LogP) is 6.42. The van der Waals surface area contributed by atoms with Crippen LogP contribution in [0.5, 0.6) is 0 Å². The Kier molecular flexibility index (Phi) is 13.6. The predicted molar refractivity (Wildman–Crippen MR) is 188 cm³/mol. The molecule has 0 radical (unpaired) electrons. The van der Waals surface area contributed by atoms with Gasteiger partial charge in [0.25, 0.3) is 0 Å². The van der Waals surface area contributed by atoms with E-state index in [2.05, 4.69) is 20.9 Å². The summed E-state index contributed by atoms with van der Waals surface area (Å²) in [4.78, 5) is 44.5. The third-order valence-corrected chi connectivity index (χ3v) is 7.43. The highest BCUT2D eigenvalue weighted by Crippen LogP contribution is 2.25. The normalized spacial score (nSPS) is 16.8. The fourth-order valence-electron chi connectivity index (χ4n) is 5.55. The summed E-state index contributed by atoms with van der Waals surface area (Å²) in [6.45, 7) is 21.1. The minimum absolute atomic E-state index is 0.000719. The Hall–Kier alpha value is -3.77. The number of aromatic nitrogens is 1. The lowest BCUT2D eigenvalue weighted by atomic mass is 9.96. The molecule has 3 rings (SSSR count). The number of nitrogens with zero attached hydrogens (tertiary/aromatic N) is 2. The van der Waals surface area contributed by atoms with E-state index in [4.69, 9.17) is 14.2 Å². The number of carbonyl (C=O) groups excluding carboxylic acids is 3. The molecule has 2 aromatic rings. The number of pyridine rings is 1. The molecular formula is C37H56FN5O6. The lowest BCUT2D eigenvalue weighted by molar-refractivity contribution is 0.00626. The van der Waals surface area contributed by atoms with Gasteiger partial charge >= 0.3 is 18.2 Å². The molecule has 0 bridgehead atoms. The first kappa shape index (κ1) is 39.7. The Morgan fingerprint density at radius 3 is 2.22 bits per heavy atom. The van der Waals surface area contributed by atoms with Crippen molar-refractivity contribution < 1.29 is 33.0 Å². The number of esters is 1. The lowest BCUT2D eigenvalue weighted by Gasteiger charge is -2.24. The number of hydrogen-bond donors (Lipinski definition) is 3. The Labute approximate surface area is 291 Å². The van der Waals surface area contributed by atoms with Gasteiger partial charge in [0.05, 0.1) is 5.56 Å². The number of hydrogen-bond acceptors (Lipinski definition) is 9. The van der Waals surface area contributed by atoms with Crippen molar-refractivity contribution in [3.05, 3.63) is 58.5 Å². The molecule has 0 saturated carbocycles. The van der Waals surface area contributed by atoms with Crippen molar-refractivity contribution in [3.63, 3.8) is 0 Å². The van der Waals surface area contributed by atoms with E-state index in [1.54, 1.807) is 64.6 Å². The van der Waals surface area contributed by atoms with E-state index < -0.39 is 34.7 Å². The van der Waals surface area contributed by atoms with Crippen molar-refractivity contribution in [2.45, 2.75) is 111 Å². The Balaban J connectivity index is 1.58. The molecule has 2 unspecified atom stereocenters. The molecule has 1 aliphatic heterocycles. The molecular weight excluding hydrogens is 629 g/mol. The summed E-state index contributed by atoms with van der Waals surface area (Å²) in [7, 11) is 0. The maximum atomic E-state index is 14.6. The SMILES string of the molecule is Cc1cc(CC2CN(C(=O)OC(C)(C)C)CC2NCCCNCCc2cccc(F)c2C(=O)OC(C)(C)C)nc(NC(=O)OC(C)(C)C)c1. The van der Waals surface area contributed by atoms with Crippen molar-refractivity contribution in [1.82, 2.24) is 20.5 Å². The fraction of sp³-hybridized carbons (Fsp3) is 0.622. The number of nitrogens with one attached hydrogen (secondary N) is 3. The van der Waals surface area contributed by atoms with Gasteiger partial charge in [0, 0.05) is 24.8 Å². The van der Waals surface area contributed by atoms with E-state index in [-0.39, 0.29) is 23.6 Å². The molecule has 2 amide bonds. The molecule has 2 heterocycles. The number of halogens is 1. The van der Waals surface area contributed by atoms with Gasteiger partial charge in [0.15, 0.2) is 0 Å². The van der Waals surface area contributed by atoms with Crippen molar-refractivity contribution >= 4 is 24.0 Å². The number of ether oxygens (including phenoxy) is 3. The molecule has 1 aromatic carbocycles. The molecule has 1 fully saturated rings. The molecule has 12 heteroatoms. The molecule has 0 aliphatic carbocycles. The zero-order valence-corrected chi connectivity index (χ0v) is 30.9. The molecule has 1 saturated heterocycles. The second-order valence-electron chi connectivity index (χ2n) is 15.7. The highest BCUT2D eigenvalue weighted by atomic mass is 19.1. The van der Waals surface area contributed by atoms with E-state index in [1.165, 1.54) is 6.07 Å². The molecule has 1 aliphatic rings. The van der Waals surface area contributed by atoms with Gasteiger partial charge in [-0.15, -0.1) is 0 Å². The third-order valence-electron chi connectivity index (χ3n) is 7.43. The summed E-state index contributed by atoms with van der Waals surface area (Å²) in [5.41, 5.74) is 0.381. The van der Waals surface area contributed by atoms with Crippen LogP contribution in [0.1, 0.15) is 95.9 Å². The maximum absolute atomic E-state index is 14.6. The van der Waals surface area contributed by atoms with Gasteiger partial charge in [-0.25, -0.2) is 23.8 Å². The summed E-state index contributed by atoms with van der Waals surface area (Å²) in [6.07, 6.45) is 0.957. The molecule has 0 spiro atoms. The highest BCUT2D eigenvalue weighted by Gasteiger charge is 2.37. The second-order valence-corrected chi connectivity index (χ2v) is 15.7. The maximum Gasteiger partial charge on any atom is 0.413 e. The number of benzene rings is 1. The Bertz CT molecular complexity index is 1450. The van der Waals surface area contributed by atoms with Gasteiger partial charge in [-0.1, -0.05) is 12.1 Å². The Morgan fingerprint density at radius 2 is 1.57 bits per heavy atom. The molecule has 49 heavy (non-hydrogen) atoms. The quantitative estimate of drug-likeness (QED) is 0.132. The van der Waals surface area contributed by atoms with Crippen LogP contribution in [-0.4, -0.2) is 83.6 Å². The highest BCUT2D eigenvalue weighted by molar-refractivity contribution is 5.91. The summed E-state index contributed by atoms with van der Waals surface area (Å²) < 4.78 is 31.1. The third kappa shape index (κ3) is 13.9. The molecule has 1 aromatic heterocycles. The second kappa shape index (κ2) is 16.8. The van der Waals surface area contributed by atoms with E-state index in [9.17, 15) is 18.8 Å². The van der Waals surface area contributed by atoms with Gasteiger partial charge in [-0.3, -0.25) is 5.32 Å². The molecule has 3 N–H and O–H groups in total. The molecule has 11 nitrogen and oxygen atoms in total. The number of anilines is 1. The van der Waals surface area contributed by atoms with Crippen molar-refractivity contribution in [3.8, 4) is 0 Å². The van der Waals surface area contributed by atoms with E-state index in [0.717, 1.165) is 17.7 Å². The van der Waals surface area contributed by atoms with E-state index >= 15 is 0 Å². The van der Waals surface area contributed by atoms with Crippen LogP contribution in [0.15, 0.2) is 30.3 Å². The number of rotatable bonds is 12. The standard InChI is InChI=1S/C37H56FN5O6/c1-24-19-27(41-30(20-24)42-33(45)48-36(5,6)7)21-26-22-43(34(46)49-37(8,9)10)23-29(26)40-17-12-16-39-18-15-25-13-11-14-28(38)31(25)32(44)47-35(2,3)4/h11,13-14,19-20,26,29,39-40H,12,15-18,21-23H2,1-10H3,(H,41,42,45). The largest absolute Gasteiger partial charge is 0.456 e. The zero-order valence-electron chi connectivity index (χ0n) is 30.9. The monoisotopic (exact) mass is 685 g/mol. The molecule has 2 atom stereocenters. The van der Waals surface area contributed by atoms with Crippen LogP contribution in [-0.2, 0) is 27.1 Å². The van der Waals surface area contributed by atoms with Crippen LogP contribution in [0.25, 0.3) is 0 Å². The molecule has 272 valence electrons. The summed E-state index contributed by atoms with van der Waals surface area (Å²) in [5, 5.41) is 9.75. The zero-order chi connectivity index (χ0) is 36.6. The lowest BCUT2D eigenvalue weighted by Crippen LogP contribution is -2.40. The number of aryl methyl sites for hydroxylation is 1. The first-order chi connectivity index (χ1) is 22.7. The number of likely N-dealkylation sites (tertiary alicyclic amines) is 1. The van der Waals surface area contributed by atoms with Gasteiger partial charge in [-0.05, 0) is 143 Å². The average molecular weight is 686 g/mol. The van der Waals surface area contributed by atoms with E-state index in [1.807, 2.05) is 33.8 Å². The average Bonchev–Trinajstić information content (AvgIpc) is 3.31. The topological polar surface area (TPSA) is 131 Å². The first-order valence-corrected chi connectivity index (χ1v) is 17.1. The van der Waals surface area contributed by atoms with Crippen LogP contribution in [0, 0.1) is 18.7 Å². The minimum atomic E-state index is -0.720. The summed E-state index contributed by atoms with van der Waals surface area (Å²) >= 11 is 0. The van der Waals surface area contributed by atoms with Crippen molar-refractivity contribution in [1.29, 1.82) is 0 Å². The first-order valence-electron chi connectivity index (χ1n) is 17.1. The summed E-state index contributed by atoms with van der Waals surface area (Å²) in [6, 6.07) is 8.42.